The van der Waals surface area contributed by atoms with Crippen LogP contribution in [0.5, 0.6) is 0 Å². The first kappa shape index (κ1) is 11.0. The molecule has 1 rings (SSSR count). The third-order valence-corrected chi connectivity index (χ3v) is 1.60. The van der Waals surface area contributed by atoms with E-state index in [1.807, 2.05) is 0 Å². The van der Waals surface area contributed by atoms with Gasteiger partial charge < -0.3 is 10.4 Å². The lowest BCUT2D eigenvalue weighted by molar-refractivity contribution is -0.187. The topological polar surface area (TPSA) is 32.3 Å². The SMILES string of the molecule is Cl.O[C@@H]1CNC[C@H]1C(F)(F)F. The number of hydrogen-bond acceptors (Lipinski definition) is 2. The minimum atomic E-state index is -4.26. The molecule has 6 heteroatoms. The summed E-state index contributed by atoms with van der Waals surface area (Å²) in [4.78, 5) is 0. The van der Waals surface area contributed by atoms with E-state index in [0.717, 1.165) is 0 Å². The third kappa shape index (κ3) is 2.50. The molecule has 0 aromatic heterocycles. The maximum atomic E-state index is 11.8. The lowest BCUT2D eigenvalue weighted by Gasteiger charge is -2.16. The number of nitrogens with one attached hydrogen (secondary N) is 1. The standard InChI is InChI=1S/C5H8F3NO.ClH/c6-5(7,8)3-1-9-2-4(3)10;/h3-4,9-10H,1-2H2;1H/t3-,4-;/m1./s1. The predicted molar refractivity (Wildman–Crippen MR) is 35.7 cm³/mol. The summed E-state index contributed by atoms with van der Waals surface area (Å²) in [5.74, 6) is -1.58. The number of aliphatic hydroxyl groups is 1. The second kappa shape index (κ2) is 3.60. The van der Waals surface area contributed by atoms with Crippen molar-refractivity contribution in [2.75, 3.05) is 13.1 Å². The molecule has 0 radical (unpaired) electrons. The first-order valence-electron chi connectivity index (χ1n) is 2.97. The van der Waals surface area contributed by atoms with E-state index >= 15 is 0 Å². The van der Waals surface area contributed by atoms with Crippen LogP contribution in [0.2, 0.25) is 0 Å². The van der Waals surface area contributed by atoms with Crippen molar-refractivity contribution in [2.45, 2.75) is 12.3 Å². The van der Waals surface area contributed by atoms with Crippen molar-refractivity contribution in [1.82, 2.24) is 5.32 Å². The quantitative estimate of drug-likeness (QED) is 0.586. The molecule has 68 valence electrons. The van der Waals surface area contributed by atoms with E-state index in [1.54, 1.807) is 0 Å². The van der Waals surface area contributed by atoms with Gasteiger partial charge in [0.15, 0.2) is 0 Å². The van der Waals surface area contributed by atoms with Crippen molar-refractivity contribution in [1.29, 1.82) is 0 Å². The third-order valence-electron chi connectivity index (χ3n) is 1.60. The van der Waals surface area contributed by atoms with Crippen LogP contribution < -0.4 is 5.32 Å². The second-order valence-electron chi connectivity index (χ2n) is 2.37. The number of alkyl halides is 3. The smallest absolute Gasteiger partial charge is 0.391 e. The molecule has 1 saturated heterocycles. The predicted octanol–water partition coefficient (Wildman–Crippen LogP) is 0.551. The van der Waals surface area contributed by atoms with Gasteiger partial charge in [-0.25, -0.2) is 0 Å². The molecule has 0 aliphatic carbocycles. The molecule has 0 saturated carbocycles. The lowest BCUT2D eigenvalue weighted by Crippen LogP contribution is -2.32. The van der Waals surface area contributed by atoms with Gasteiger partial charge in [-0.1, -0.05) is 0 Å². The maximum absolute atomic E-state index is 11.8. The molecule has 1 heterocycles. The van der Waals surface area contributed by atoms with E-state index in [2.05, 4.69) is 5.32 Å². The number of hydrogen-bond donors (Lipinski definition) is 2. The van der Waals surface area contributed by atoms with Gasteiger partial charge in [0, 0.05) is 13.1 Å². The highest BCUT2D eigenvalue weighted by atomic mass is 35.5. The molecule has 0 unspecified atom stereocenters. The van der Waals surface area contributed by atoms with Crippen molar-refractivity contribution < 1.29 is 18.3 Å². The first-order valence-corrected chi connectivity index (χ1v) is 2.97. The van der Waals surface area contributed by atoms with Crippen molar-refractivity contribution >= 4 is 12.4 Å². The van der Waals surface area contributed by atoms with E-state index < -0.39 is 18.2 Å². The second-order valence-corrected chi connectivity index (χ2v) is 2.37. The average Bonchev–Trinajstić information content (AvgIpc) is 2.11. The fourth-order valence-corrected chi connectivity index (χ4v) is 0.999. The Morgan fingerprint density at radius 3 is 2.00 bits per heavy atom. The molecule has 2 atom stereocenters. The summed E-state index contributed by atoms with van der Waals surface area (Å²) in [7, 11) is 0. The largest absolute Gasteiger partial charge is 0.395 e. The summed E-state index contributed by atoms with van der Waals surface area (Å²) in [5, 5.41) is 11.2. The van der Waals surface area contributed by atoms with Gasteiger partial charge in [-0.05, 0) is 0 Å². The first-order chi connectivity index (χ1) is 4.52. The molecule has 1 aliphatic heterocycles. The molecule has 1 aliphatic rings. The van der Waals surface area contributed by atoms with E-state index in [0.29, 0.717) is 0 Å². The van der Waals surface area contributed by atoms with Crippen molar-refractivity contribution in [3.63, 3.8) is 0 Å². The van der Waals surface area contributed by atoms with Crippen LogP contribution in [0, 0.1) is 5.92 Å². The Morgan fingerprint density at radius 1 is 1.27 bits per heavy atom. The molecule has 2 N–H and O–H groups in total. The molecule has 0 spiro atoms. The summed E-state index contributed by atoms with van der Waals surface area (Å²) in [5.41, 5.74) is 0. The molecule has 0 bridgehead atoms. The average molecular weight is 192 g/mol. The van der Waals surface area contributed by atoms with Gasteiger partial charge in [0.1, 0.15) is 0 Å². The Hall–Kier alpha value is -0.0000000000000000555. The summed E-state index contributed by atoms with van der Waals surface area (Å²) < 4.78 is 35.4. The highest BCUT2D eigenvalue weighted by Crippen LogP contribution is 2.30. The van der Waals surface area contributed by atoms with Crippen LogP contribution >= 0.6 is 12.4 Å². The fourth-order valence-electron chi connectivity index (χ4n) is 0.999. The Morgan fingerprint density at radius 2 is 1.82 bits per heavy atom. The Labute approximate surface area is 68.2 Å². The van der Waals surface area contributed by atoms with Gasteiger partial charge in [0.05, 0.1) is 12.0 Å². The zero-order chi connectivity index (χ0) is 7.78. The Balaban J connectivity index is 0.000001000. The summed E-state index contributed by atoms with van der Waals surface area (Å²) in [6.07, 6.45) is -5.52. The van der Waals surface area contributed by atoms with E-state index in [9.17, 15) is 13.2 Å². The number of halogens is 4. The molecular formula is C5H9ClF3NO. The van der Waals surface area contributed by atoms with Crippen LogP contribution in [-0.4, -0.2) is 30.5 Å². The molecule has 11 heavy (non-hydrogen) atoms. The highest BCUT2D eigenvalue weighted by Gasteiger charge is 2.46. The molecular weight excluding hydrogens is 183 g/mol. The van der Waals surface area contributed by atoms with Gasteiger partial charge >= 0.3 is 6.18 Å². The Kier molecular flexibility index (Phi) is 3.60. The van der Waals surface area contributed by atoms with Crippen LogP contribution in [0.1, 0.15) is 0 Å². The molecule has 0 aromatic carbocycles. The minimum Gasteiger partial charge on any atom is -0.391 e. The fraction of sp³-hybridized carbons (Fsp3) is 1.00. The summed E-state index contributed by atoms with van der Waals surface area (Å²) >= 11 is 0. The highest BCUT2D eigenvalue weighted by molar-refractivity contribution is 5.85. The van der Waals surface area contributed by atoms with Gasteiger partial charge in [-0.15, -0.1) is 12.4 Å². The normalized spacial score (nSPS) is 31.6. The van der Waals surface area contributed by atoms with Crippen LogP contribution in [0.15, 0.2) is 0 Å². The van der Waals surface area contributed by atoms with Crippen LogP contribution in [0.4, 0.5) is 13.2 Å². The zero-order valence-electron chi connectivity index (χ0n) is 5.56. The van der Waals surface area contributed by atoms with Gasteiger partial charge in [0.25, 0.3) is 0 Å². The van der Waals surface area contributed by atoms with Crippen molar-refractivity contribution in [3.8, 4) is 0 Å². The van der Waals surface area contributed by atoms with Crippen LogP contribution in [0.25, 0.3) is 0 Å². The van der Waals surface area contributed by atoms with E-state index in [1.165, 1.54) is 0 Å². The molecule has 0 aromatic rings. The van der Waals surface area contributed by atoms with Crippen molar-refractivity contribution in [3.05, 3.63) is 0 Å². The van der Waals surface area contributed by atoms with Gasteiger partial charge in [-0.2, -0.15) is 13.2 Å². The van der Waals surface area contributed by atoms with E-state index in [4.69, 9.17) is 5.11 Å². The minimum absolute atomic E-state index is 0. The van der Waals surface area contributed by atoms with Crippen LogP contribution in [0.3, 0.4) is 0 Å². The zero-order valence-corrected chi connectivity index (χ0v) is 6.37. The number of rotatable bonds is 0. The Bertz CT molecular complexity index is 129. The van der Waals surface area contributed by atoms with Gasteiger partial charge in [-0.3, -0.25) is 0 Å². The summed E-state index contributed by atoms with van der Waals surface area (Å²) in [6, 6.07) is 0. The molecule has 1 fully saturated rings. The van der Waals surface area contributed by atoms with Crippen LogP contribution in [-0.2, 0) is 0 Å². The number of aliphatic hydroxyl groups excluding tert-OH is 1. The van der Waals surface area contributed by atoms with Gasteiger partial charge in [0.2, 0.25) is 0 Å². The van der Waals surface area contributed by atoms with Crippen molar-refractivity contribution in [2.24, 2.45) is 5.92 Å². The maximum Gasteiger partial charge on any atom is 0.395 e. The molecule has 2 nitrogen and oxygen atoms in total. The monoisotopic (exact) mass is 191 g/mol. The number of β-amino-alcohol motifs (C(OH)–C–C–N with tert-alkyl or cyclic N) is 1. The molecule has 0 amide bonds. The summed E-state index contributed by atoms with van der Waals surface area (Å²) in [6.45, 7) is -0.116. The van der Waals surface area contributed by atoms with E-state index in [-0.39, 0.29) is 25.5 Å². The lowest BCUT2D eigenvalue weighted by atomic mass is 10.1.